The van der Waals surface area contributed by atoms with Gasteiger partial charge in [0.05, 0.1) is 25.7 Å². The first kappa shape index (κ1) is 16.0. The van der Waals surface area contributed by atoms with Gasteiger partial charge in [-0.2, -0.15) is 0 Å². The van der Waals surface area contributed by atoms with E-state index in [1.807, 2.05) is 6.92 Å². The summed E-state index contributed by atoms with van der Waals surface area (Å²) in [5.74, 6) is -0.498. The molecule has 7 nitrogen and oxygen atoms in total. The van der Waals surface area contributed by atoms with E-state index < -0.39 is 12.0 Å². The molecule has 2 saturated heterocycles. The largest absolute Gasteiger partial charge is 0.481 e. The predicted octanol–water partition coefficient (Wildman–Crippen LogP) is 0.687. The Kier molecular flexibility index (Phi) is 5.81. The van der Waals surface area contributed by atoms with Crippen LogP contribution in [0.1, 0.15) is 26.2 Å². The number of morpholine rings is 1. The van der Waals surface area contributed by atoms with E-state index in [0.717, 1.165) is 26.1 Å². The third-order valence-electron chi connectivity index (χ3n) is 4.22. The maximum absolute atomic E-state index is 12.4. The van der Waals surface area contributed by atoms with Crippen molar-refractivity contribution in [1.29, 1.82) is 0 Å². The minimum Gasteiger partial charge on any atom is -0.481 e. The minimum atomic E-state index is -0.916. The Labute approximate surface area is 124 Å². The Morgan fingerprint density at radius 3 is 2.67 bits per heavy atom. The molecule has 2 amide bonds. The molecule has 2 aliphatic rings. The number of carbonyl (C=O) groups is 2. The first-order valence-corrected chi connectivity index (χ1v) is 7.52. The second-order valence-corrected chi connectivity index (χ2v) is 5.71. The smallest absolute Gasteiger partial charge is 0.318 e. The number of hydrogen-bond donors (Lipinski definition) is 2. The highest BCUT2D eigenvalue weighted by molar-refractivity contribution is 5.76. The number of ether oxygens (including phenoxy) is 2. The van der Waals surface area contributed by atoms with Crippen molar-refractivity contribution in [3.05, 3.63) is 0 Å². The number of hydrogen-bond acceptors (Lipinski definition) is 4. The summed E-state index contributed by atoms with van der Waals surface area (Å²) in [6, 6.07) is -0.517. The van der Waals surface area contributed by atoms with Gasteiger partial charge in [-0.15, -0.1) is 0 Å². The molecule has 0 bridgehead atoms. The Bertz CT molecular complexity index is 370. The number of carboxylic acid groups (broad SMARTS) is 1. The molecule has 120 valence electrons. The molecule has 21 heavy (non-hydrogen) atoms. The van der Waals surface area contributed by atoms with Crippen molar-refractivity contribution >= 4 is 12.0 Å². The lowest BCUT2D eigenvalue weighted by molar-refractivity contribution is -0.139. The zero-order chi connectivity index (χ0) is 15.2. The molecule has 0 radical (unpaired) electrons. The van der Waals surface area contributed by atoms with Crippen LogP contribution >= 0.6 is 0 Å². The fourth-order valence-corrected chi connectivity index (χ4v) is 2.90. The molecule has 0 aromatic heterocycles. The van der Waals surface area contributed by atoms with Gasteiger partial charge in [0.1, 0.15) is 0 Å². The third-order valence-corrected chi connectivity index (χ3v) is 4.22. The number of nitrogens with zero attached hydrogens (tertiary/aromatic N) is 1. The summed E-state index contributed by atoms with van der Waals surface area (Å²) in [6.45, 7) is 4.65. The first-order valence-electron chi connectivity index (χ1n) is 7.52. The van der Waals surface area contributed by atoms with Crippen molar-refractivity contribution in [2.75, 3.05) is 33.0 Å². The highest BCUT2D eigenvalue weighted by Gasteiger charge is 2.31. The average molecular weight is 300 g/mol. The van der Waals surface area contributed by atoms with Crippen LogP contribution in [0.25, 0.3) is 0 Å². The summed E-state index contributed by atoms with van der Waals surface area (Å²) in [4.78, 5) is 24.8. The van der Waals surface area contributed by atoms with Crippen LogP contribution < -0.4 is 5.32 Å². The van der Waals surface area contributed by atoms with Gasteiger partial charge in [-0.05, 0) is 25.7 Å². The van der Waals surface area contributed by atoms with E-state index in [1.165, 1.54) is 0 Å². The third kappa shape index (κ3) is 4.57. The van der Waals surface area contributed by atoms with Crippen LogP contribution in [0.5, 0.6) is 0 Å². The molecule has 2 N–H and O–H groups in total. The Morgan fingerprint density at radius 1 is 1.29 bits per heavy atom. The van der Waals surface area contributed by atoms with Crippen LogP contribution in [-0.2, 0) is 14.3 Å². The van der Waals surface area contributed by atoms with E-state index >= 15 is 0 Å². The summed E-state index contributed by atoms with van der Waals surface area (Å²) in [5, 5.41) is 11.9. The molecule has 0 aromatic rings. The predicted molar refractivity (Wildman–Crippen MR) is 75.1 cm³/mol. The molecule has 7 heteroatoms. The first-order chi connectivity index (χ1) is 10.1. The van der Waals surface area contributed by atoms with Crippen LogP contribution in [0.3, 0.4) is 0 Å². The van der Waals surface area contributed by atoms with Gasteiger partial charge < -0.3 is 24.8 Å². The van der Waals surface area contributed by atoms with Gasteiger partial charge in [0.2, 0.25) is 0 Å². The van der Waals surface area contributed by atoms with Crippen molar-refractivity contribution in [2.45, 2.75) is 38.3 Å². The van der Waals surface area contributed by atoms with Gasteiger partial charge in [0.15, 0.2) is 0 Å². The molecule has 2 rings (SSSR count). The van der Waals surface area contributed by atoms with Crippen LogP contribution in [0.15, 0.2) is 0 Å². The number of rotatable bonds is 4. The van der Waals surface area contributed by atoms with Crippen molar-refractivity contribution in [3.8, 4) is 0 Å². The van der Waals surface area contributed by atoms with Gasteiger partial charge in [-0.25, -0.2) is 4.79 Å². The molecule has 0 spiro atoms. The number of nitrogens with one attached hydrogen (secondary N) is 1. The SMILES string of the molecule is CC(NC(=O)N1CCOCC1CC(=O)O)C1CCOCC1. The lowest BCUT2D eigenvalue weighted by atomic mass is 9.93. The van der Waals surface area contributed by atoms with Crippen LogP contribution in [-0.4, -0.2) is 67.1 Å². The minimum absolute atomic E-state index is 0.0646. The Morgan fingerprint density at radius 2 is 2.00 bits per heavy atom. The van der Waals surface area contributed by atoms with E-state index in [2.05, 4.69) is 5.32 Å². The number of urea groups is 1. The molecule has 2 heterocycles. The van der Waals surface area contributed by atoms with Crippen LogP contribution in [0.4, 0.5) is 4.79 Å². The Balaban J connectivity index is 1.88. The second-order valence-electron chi connectivity index (χ2n) is 5.71. The van der Waals surface area contributed by atoms with Gasteiger partial charge in [-0.3, -0.25) is 4.79 Å². The maximum atomic E-state index is 12.4. The number of carboxylic acids is 1. The summed E-state index contributed by atoms with van der Waals surface area (Å²) in [5.41, 5.74) is 0. The summed E-state index contributed by atoms with van der Waals surface area (Å²) in [7, 11) is 0. The molecule has 2 atom stereocenters. The van der Waals surface area contributed by atoms with Crippen molar-refractivity contribution in [3.63, 3.8) is 0 Å². The standard InChI is InChI=1S/C14H24N2O5/c1-10(11-2-5-20-6-3-11)15-14(19)16-4-7-21-9-12(16)8-13(17)18/h10-12H,2-9H2,1H3,(H,15,19)(H,17,18). The van der Waals surface area contributed by atoms with E-state index in [1.54, 1.807) is 4.90 Å². The average Bonchev–Trinajstić information content (AvgIpc) is 2.48. The van der Waals surface area contributed by atoms with Crippen molar-refractivity contribution in [1.82, 2.24) is 10.2 Å². The zero-order valence-electron chi connectivity index (χ0n) is 12.4. The summed E-state index contributed by atoms with van der Waals surface area (Å²) >= 11 is 0. The molecular weight excluding hydrogens is 276 g/mol. The quantitative estimate of drug-likeness (QED) is 0.797. The van der Waals surface area contributed by atoms with Crippen LogP contribution in [0.2, 0.25) is 0 Å². The van der Waals surface area contributed by atoms with E-state index in [0.29, 0.717) is 19.1 Å². The monoisotopic (exact) mass is 300 g/mol. The molecule has 2 fully saturated rings. The summed E-state index contributed by atoms with van der Waals surface area (Å²) < 4.78 is 10.6. The van der Waals surface area contributed by atoms with Crippen molar-refractivity contribution in [2.24, 2.45) is 5.92 Å². The molecule has 0 saturated carbocycles. The lowest BCUT2D eigenvalue weighted by Crippen LogP contribution is -2.55. The lowest BCUT2D eigenvalue weighted by Gasteiger charge is -2.37. The van der Waals surface area contributed by atoms with E-state index in [-0.39, 0.29) is 25.1 Å². The molecule has 0 aromatic carbocycles. The highest BCUT2D eigenvalue weighted by atomic mass is 16.5. The van der Waals surface area contributed by atoms with Gasteiger partial charge >= 0.3 is 12.0 Å². The number of aliphatic carboxylic acids is 1. The fraction of sp³-hybridized carbons (Fsp3) is 0.857. The fourth-order valence-electron chi connectivity index (χ4n) is 2.90. The zero-order valence-corrected chi connectivity index (χ0v) is 12.4. The molecular formula is C14H24N2O5. The Hall–Kier alpha value is -1.34. The number of amides is 2. The highest BCUT2D eigenvalue weighted by Crippen LogP contribution is 2.19. The summed E-state index contributed by atoms with van der Waals surface area (Å²) in [6.07, 6.45) is 1.81. The normalized spacial score (nSPS) is 25.4. The van der Waals surface area contributed by atoms with Gasteiger partial charge in [0.25, 0.3) is 0 Å². The molecule has 0 aliphatic carbocycles. The maximum Gasteiger partial charge on any atom is 0.318 e. The molecule has 2 aliphatic heterocycles. The number of carbonyl (C=O) groups excluding carboxylic acids is 1. The van der Waals surface area contributed by atoms with E-state index in [4.69, 9.17) is 14.6 Å². The van der Waals surface area contributed by atoms with Crippen LogP contribution in [0, 0.1) is 5.92 Å². The van der Waals surface area contributed by atoms with E-state index in [9.17, 15) is 9.59 Å². The van der Waals surface area contributed by atoms with Gasteiger partial charge in [0, 0.05) is 25.8 Å². The molecule has 2 unspecified atom stereocenters. The topological polar surface area (TPSA) is 88.1 Å². The van der Waals surface area contributed by atoms with Crippen molar-refractivity contribution < 1.29 is 24.2 Å². The van der Waals surface area contributed by atoms with Gasteiger partial charge in [-0.1, -0.05) is 0 Å². The second kappa shape index (κ2) is 7.61.